The van der Waals surface area contributed by atoms with Gasteiger partial charge in [-0.15, -0.1) is 11.3 Å². The molecule has 2 aromatic rings. The van der Waals surface area contributed by atoms with Gasteiger partial charge in [-0.3, -0.25) is 0 Å². The van der Waals surface area contributed by atoms with E-state index in [9.17, 15) is 0 Å². The minimum atomic E-state index is 0.207. The highest BCUT2D eigenvalue weighted by atomic mass is 32.1. The van der Waals surface area contributed by atoms with E-state index in [0.717, 1.165) is 12.2 Å². The first-order valence-corrected chi connectivity index (χ1v) is 6.25. The van der Waals surface area contributed by atoms with Crippen molar-refractivity contribution >= 4 is 21.4 Å². The van der Waals surface area contributed by atoms with E-state index in [-0.39, 0.29) is 6.04 Å². The van der Waals surface area contributed by atoms with Crippen molar-refractivity contribution < 1.29 is 4.74 Å². The van der Waals surface area contributed by atoms with Crippen LogP contribution in [0.3, 0.4) is 0 Å². The van der Waals surface area contributed by atoms with Crippen LogP contribution in [-0.4, -0.2) is 13.2 Å². The largest absolute Gasteiger partial charge is 0.497 e. The molecule has 0 aliphatic heterocycles. The zero-order chi connectivity index (χ0) is 11.7. The number of aryl methyl sites for hydroxylation is 1. The van der Waals surface area contributed by atoms with Gasteiger partial charge in [-0.25, -0.2) is 0 Å². The summed E-state index contributed by atoms with van der Waals surface area (Å²) < 4.78 is 6.52. The van der Waals surface area contributed by atoms with Crippen molar-refractivity contribution in [1.29, 1.82) is 0 Å². The molecule has 0 bridgehead atoms. The van der Waals surface area contributed by atoms with Crippen LogP contribution < -0.4 is 10.5 Å². The minimum Gasteiger partial charge on any atom is -0.497 e. The highest BCUT2D eigenvalue weighted by Gasteiger charge is 2.11. The molecule has 0 saturated heterocycles. The quantitative estimate of drug-likeness (QED) is 0.887. The lowest BCUT2D eigenvalue weighted by molar-refractivity contribution is 0.415. The third-order valence-electron chi connectivity index (χ3n) is 2.73. The second-order valence-corrected chi connectivity index (χ2v) is 5.44. The van der Waals surface area contributed by atoms with E-state index in [1.807, 2.05) is 24.3 Å². The van der Waals surface area contributed by atoms with Crippen molar-refractivity contribution in [2.24, 2.45) is 5.73 Å². The Morgan fingerprint density at radius 2 is 2.19 bits per heavy atom. The number of rotatable bonds is 3. The van der Waals surface area contributed by atoms with Gasteiger partial charge in [-0.05, 0) is 49.4 Å². The van der Waals surface area contributed by atoms with Crippen LogP contribution in [0, 0.1) is 6.92 Å². The van der Waals surface area contributed by atoms with Crippen LogP contribution in [0.2, 0.25) is 0 Å². The Balaban J connectivity index is 2.53. The van der Waals surface area contributed by atoms with Gasteiger partial charge in [0.15, 0.2) is 0 Å². The van der Waals surface area contributed by atoms with Gasteiger partial charge in [0, 0.05) is 15.6 Å². The third-order valence-corrected chi connectivity index (χ3v) is 3.84. The Hall–Kier alpha value is -1.06. The van der Waals surface area contributed by atoms with Gasteiger partial charge in [0.2, 0.25) is 0 Å². The predicted octanol–water partition coefficient (Wildman–Crippen LogP) is 3.11. The van der Waals surface area contributed by atoms with Crippen LogP contribution in [0.25, 0.3) is 10.1 Å². The first-order valence-electron chi connectivity index (χ1n) is 5.43. The zero-order valence-electron chi connectivity index (χ0n) is 9.91. The van der Waals surface area contributed by atoms with Gasteiger partial charge in [0.1, 0.15) is 5.75 Å². The minimum absolute atomic E-state index is 0.207. The van der Waals surface area contributed by atoms with Gasteiger partial charge < -0.3 is 10.5 Å². The molecule has 1 aromatic carbocycles. The molecule has 1 aromatic heterocycles. The Labute approximate surface area is 100 Å². The molecule has 0 spiro atoms. The maximum absolute atomic E-state index is 5.88. The predicted molar refractivity (Wildman–Crippen MR) is 70.5 cm³/mol. The smallest absolute Gasteiger partial charge is 0.120 e. The fraction of sp³-hybridized carbons (Fsp3) is 0.385. The molecule has 3 heteroatoms. The summed E-state index contributed by atoms with van der Waals surface area (Å²) in [7, 11) is 1.70. The molecule has 2 N–H and O–H groups in total. The molecule has 1 heterocycles. The molecule has 0 aliphatic rings. The summed E-state index contributed by atoms with van der Waals surface area (Å²) in [5.74, 6) is 0.918. The van der Waals surface area contributed by atoms with E-state index in [4.69, 9.17) is 10.5 Å². The van der Waals surface area contributed by atoms with Crippen molar-refractivity contribution in [2.45, 2.75) is 26.3 Å². The van der Waals surface area contributed by atoms with E-state index in [2.05, 4.69) is 19.1 Å². The summed E-state index contributed by atoms with van der Waals surface area (Å²) in [6, 6.07) is 6.45. The molecule has 86 valence electrons. The fourth-order valence-corrected chi connectivity index (χ4v) is 3.08. The monoisotopic (exact) mass is 235 g/mol. The lowest BCUT2D eigenvalue weighted by Crippen LogP contribution is -2.17. The topological polar surface area (TPSA) is 35.2 Å². The number of benzene rings is 1. The van der Waals surface area contributed by atoms with Crippen LogP contribution in [0.1, 0.15) is 17.4 Å². The highest BCUT2D eigenvalue weighted by Crippen LogP contribution is 2.33. The molecular formula is C13H17NOS. The molecule has 2 rings (SSSR count). The number of thiophene rings is 1. The molecular weight excluding hydrogens is 218 g/mol. The Bertz CT molecular complexity index is 502. The molecule has 1 unspecified atom stereocenters. The summed E-state index contributed by atoms with van der Waals surface area (Å²) in [4.78, 5) is 1.36. The average Bonchev–Trinajstić information content (AvgIpc) is 2.54. The van der Waals surface area contributed by atoms with Gasteiger partial charge in [-0.2, -0.15) is 0 Å². The van der Waals surface area contributed by atoms with Crippen LogP contribution in [0.5, 0.6) is 5.75 Å². The highest BCUT2D eigenvalue weighted by molar-refractivity contribution is 7.19. The molecule has 0 saturated carbocycles. The summed E-state index contributed by atoms with van der Waals surface area (Å²) in [6.07, 6.45) is 0.943. The number of hydrogen-bond acceptors (Lipinski definition) is 3. The summed E-state index contributed by atoms with van der Waals surface area (Å²) >= 11 is 1.81. The number of ether oxygens (including phenoxy) is 1. The summed E-state index contributed by atoms with van der Waals surface area (Å²) in [5, 5.41) is 1.32. The lowest BCUT2D eigenvalue weighted by Gasteiger charge is -2.05. The van der Waals surface area contributed by atoms with Crippen LogP contribution in [0.15, 0.2) is 18.2 Å². The van der Waals surface area contributed by atoms with Gasteiger partial charge in [0.05, 0.1) is 7.11 Å². The molecule has 0 fully saturated rings. The molecule has 0 aliphatic carbocycles. The molecule has 0 amide bonds. The summed E-state index contributed by atoms with van der Waals surface area (Å²) in [6.45, 7) is 4.21. The van der Waals surface area contributed by atoms with E-state index in [0.29, 0.717) is 0 Å². The van der Waals surface area contributed by atoms with Crippen molar-refractivity contribution in [3.63, 3.8) is 0 Å². The van der Waals surface area contributed by atoms with Crippen LogP contribution >= 0.6 is 11.3 Å². The number of hydrogen-bond donors (Lipinski definition) is 1. The maximum Gasteiger partial charge on any atom is 0.120 e. The molecule has 16 heavy (non-hydrogen) atoms. The second kappa shape index (κ2) is 4.44. The molecule has 0 radical (unpaired) electrons. The SMILES string of the molecule is COc1ccc2c(CC(C)N)c(C)sc2c1. The summed E-state index contributed by atoms with van der Waals surface area (Å²) in [5.41, 5.74) is 7.27. The zero-order valence-corrected chi connectivity index (χ0v) is 10.7. The van der Waals surface area contributed by atoms with E-state index < -0.39 is 0 Å². The van der Waals surface area contributed by atoms with E-state index >= 15 is 0 Å². The number of fused-ring (bicyclic) bond motifs is 1. The lowest BCUT2D eigenvalue weighted by atomic mass is 10.0. The molecule has 2 nitrogen and oxygen atoms in total. The third kappa shape index (κ3) is 2.06. The molecule has 1 atom stereocenters. The van der Waals surface area contributed by atoms with Crippen molar-refractivity contribution in [2.75, 3.05) is 7.11 Å². The second-order valence-electron chi connectivity index (χ2n) is 4.18. The fourth-order valence-electron chi connectivity index (χ4n) is 1.96. The average molecular weight is 235 g/mol. The first-order chi connectivity index (χ1) is 7.61. The normalized spacial score (nSPS) is 13.0. The Kier molecular flexibility index (Phi) is 3.17. The van der Waals surface area contributed by atoms with Crippen LogP contribution in [0.4, 0.5) is 0 Å². The Morgan fingerprint density at radius 1 is 1.44 bits per heavy atom. The van der Waals surface area contributed by atoms with Crippen molar-refractivity contribution in [3.8, 4) is 5.75 Å². The standard InChI is InChI=1S/C13H17NOS/c1-8(14)6-12-9(2)16-13-7-10(15-3)4-5-11(12)13/h4-5,7-8H,6,14H2,1-3H3. The van der Waals surface area contributed by atoms with E-state index in [1.165, 1.54) is 20.5 Å². The van der Waals surface area contributed by atoms with Gasteiger partial charge in [0.25, 0.3) is 0 Å². The van der Waals surface area contributed by atoms with Gasteiger partial charge >= 0.3 is 0 Å². The maximum atomic E-state index is 5.88. The first kappa shape index (κ1) is 11.4. The Morgan fingerprint density at radius 3 is 2.81 bits per heavy atom. The van der Waals surface area contributed by atoms with Crippen LogP contribution in [-0.2, 0) is 6.42 Å². The van der Waals surface area contributed by atoms with Crippen molar-refractivity contribution in [3.05, 3.63) is 28.6 Å². The number of methoxy groups -OCH3 is 1. The van der Waals surface area contributed by atoms with E-state index in [1.54, 1.807) is 7.11 Å². The van der Waals surface area contributed by atoms with Crippen molar-refractivity contribution in [1.82, 2.24) is 0 Å². The van der Waals surface area contributed by atoms with Gasteiger partial charge in [-0.1, -0.05) is 0 Å². The number of nitrogens with two attached hydrogens (primary N) is 1.